The van der Waals surface area contributed by atoms with Gasteiger partial charge < -0.3 is 10.6 Å². The third-order valence-electron chi connectivity index (χ3n) is 3.02. The molecule has 1 aliphatic heterocycles. The molecule has 0 bridgehead atoms. The predicted octanol–water partition coefficient (Wildman–Crippen LogP) is 2.65. The molecule has 4 heteroatoms. The number of piperidine rings is 1. The zero-order valence-electron chi connectivity index (χ0n) is 8.79. The topological polar surface area (TPSA) is 29.3 Å². The van der Waals surface area contributed by atoms with Crippen molar-refractivity contribution in [3.8, 4) is 0 Å². The van der Waals surface area contributed by atoms with Crippen molar-refractivity contribution in [3.05, 3.63) is 20.8 Å². The van der Waals surface area contributed by atoms with E-state index in [1.54, 1.807) is 0 Å². The Balaban J connectivity index is 1.88. The molecule has 0 aromatic carbocycles. The van der Waals surface area contributed by atoms with Gasteiger partial charge in [-0.25, -0.2) is 0 Å². The van der Waals surface area contributed by atoms with E-state index in [2.05, 4.69) is 32.3 Å². The van der Waals surface area contributed by atoms with Crippen LogP contribution in [0.1, 0.15) is 23.6 Å². The van der Waals surface area contributed by atoms with E-state index in [0.717, 1.165) is 19.0 Å². The first-order valence-electron chi connectivity index (χ1n) is 5.46. The Labute approximate surface area is 104 Å². The van der Waals surface area contributed by atoms with Crippen LogP contribution in [0.5, 0.6) is 0 Å². The van der Waals surface area contributed by atoms with Crippen LogP contribution in [0.4, 0.5) is 0 Å². The summed E-state index contributed by atoms with van der Waals surface area (Å²) in [6.07, 6.45) is 2.57. The largest absolute Gasteiger partial charge is 0.329 e. The van der Waals surface area contributed by atoms with Crippen molar-refractivity contribution >= 4 is 27.3 Å². The van der Waals surface area contributed by atoms with Gasteiger partial charge in [0.15, 0.2) is 0 Å². The number of nitrogens with zero attached hydrogens (tertiary/aromatic N) is 1. The second kappa shape index (κ2) is 5.43. The van der Waals surface area contributed by atoms with Crippen LogP contribution in [0.15, 0.2) is 15.9 Å². The van der Waals surface area contributed by atoms with Gasteiger partial charge in [-0.15, -0.1) is 11.3 Å². The highest BCUT2D eigenvalue weighted by atomic mass is 79.9. The Morgan fingerprint density at radius 1 is 1.47 bits per heavy atom. The summed E-state index contributed by atoms with van der Waals surface area (Å²) >= 11 is 5.40. The Morgan fingerprint density at radius 2 is 2.20 bits per heavy atom. The van der Waals surface area contributed by atoms with Crippen LogP contribution in [0.2, 0.25) is 0 Å². The zero-order valence-corrected chi connectivity index (χ0v) is 11.2. The standard InChI is InChI=1S/C11H17BrN2S/c12-10-7-11(15-8-10)9-1-4-14(5-2-9)6-3-13/h7-9H,1-6,13H2. The summed E-state index contributed by atoms with van der Waals surface area (Å²) in [5.41, 5.74) is 5.56. The third kappa shape index (κ3) is 3.03. The summed E-state index contributed by atoms with van der Waals surface area (Å²) in [7, 11) is 0. The molecular weight excluding hydrogens is 272 g/mol. The quantitative estimate of drug-likeness (QED) is 0.927. The number of nitrogens with two attached hydrogens (primary N) is 1. The molecule has 1 aliphatic rings. The lowest BCUT2D eigenvalue weighted by Crippen LogP contribution is -2.36. The minimum atomic E-state index is 0.773. The van der Waals surface area contributed by atoms with Crippen molar-refractivity contribution in [2.45, 2.75) is 18.8 Å². The van der Waals surface area contributed by atoms with Crippen molar-refractivity contribution in [1.82, 2.24) is 4.90 Å². The molecule has 0 unspecified atom stereocenters. The fraction of sp³-hybridized carbons (Fsp3) is 0.636. The molecular formula is C11H17BrN2S. The first-order valence-corrected chi connectivity index (χ1v) is 7.13. The van der Waals surface area contributed by atoms with Gasteiger partial charge in [-0.1, -0.05) is 0 Å². The number of thiophene rings is 1. The number of hydrogen-bond acceptors (Lipinski definition) is 3. The fourth-order valence-electron chi connectivity index (χ4n) is 2.17. The van der Waals surface area contributed by atoms with Crippen LogP contribution in [-0.4, -0.2) is 31.1 Å². The van der Waals surface area contributed by atoms with Crippen LogP contribution in [0.3, 0.4) is 0 Å². The van der Waals surface area contributed by atoms with E-state index in [1.165, 1.54) is 35.3 Å². The molecule has 2 nitrogen and oxygen atoms in total. The molecule has 0 atom stereocenters. The summed E-state index contributed by atoms with van der Waals surface area (Å²) < 4.78 is 1.23. The van der Waals surface area contributed by atoms with Crippen molar-refractivity contribution in [2.75, 3.05) is 26.2 Å². The van der Waals surface area contributed by atoms with Gasteiger partial charge in [-0.2, -0.15) is 0 Å². The molecule has 2 N–H and O–H groups in total. The van der Waals surface area contributed by atoms with Crippen molar-refractivity contribution < 1.29 is 0 Å². The van der Waals surface area contributed by atoms with Gasteiger partial charge in [-0.05, 0) is 53.8 Å². The lowest BCUT2D eigenvalue weighted by molar-refractivity contribution is 0.219. The predicted molar refractivity (Wildman–Crippen MR) is 69.5 cm³/mol. The van der Waals surface area contributed by atoms with Crippen LogP contribution >= 0.6 is 27.3 Å². The average molecular weight is 289 g/mol. The maximum absolute atomic E-state index is 5.56. The van der Waals surface area contributed by atoms with E-state index in [9.17, 15) is 0 Å². The summed E-state index contributed by atoms with van der Waals surface area (Å²) in [5, 5.41) is 2.18. The average Bonchev–Trinajstić information content (AvgIpc) is 2.67. The molecule has 84 valence electrons. The normalized spacial score (nSPS) is 19.6. The highest BCUT2D eigenvalue weighted by molar-refractivity contribution is 9.10. The van der Waals surface area contributed by atoms with Gasteiger partial charge in [0, 0.05) is 27.8 Å². The fourth-order valence-corrected chi connectivity index (χ4v) is 3.78. The van der Waals surface area contributed by atoms with Crippen LogP contribution in [-0.2, 0) is 0 Å². The van der Waals surface area contributed by atoms with E-state index in [4.69, 9.17) is 5.73 Å². The Bertz CT molecular complexity index is 305. The van der Waals surface area contributed by atoms with Gasteiger partial charge >= 0.3 is 0 Å². The molecule has 0 spiro atoms. The number of rotatable bonds is 3. The monoisotopic (exact) mass is 288 g/mol. The van der Waals surface area contributed by atoms with Gasteiger partial charge in [0.2, 0.25) is 0 Å². The van der Waals surface area contributed by atoms with Gasteiger partial charge in [0.05, 0.1) is 0 Å². The van der Waals surface area contributed by atoms with E-state index in [-0.39, 0.29) is 0 Å². The number of hydrogen-bond donors (Lipinski definition) is 1. The third-order valence-corrected chi connectivity index (χ3v) is 4.88. The molecule has 0 saturated carbocycles. The van der Waals surface area contributed by atoms with Gasteiger partial charge in [0.25, 0.3) is 0 Å². The molecule has 0 aliphatic carbocycles. The van der Waals surface area contributed by atoms with E-state index < -0.39 is 0 Å². The lowest BCUT2D eigenvalue weighted by atomic mass is 9.95. The molecule has 0 radical (unpaired) electrons. The van der Waals surface area contributed by atoms with Crippen LogP contribution in [0, 0.1) is 0 Å². The maximum atomic E-state index is 5.56. The Hall–Kier alpha value is 0.1000. The summed E-state index contributed by atoms with van der Waals surface area (Å²) in [5.74, 6) is 0.773. The van der Waals surface area contributed by atoms with Crippen LogP contribution < -0.4 is 5.73 Å². The smallest absolute Gasteiger partial charge is 0.0285 e. The highest BCUT2D eigenvalue weighted by Gasteiger charge is 2.20. The Morgan fingerprint density at radius 3 is 2.73 bits per heavy atom. The Kier molecular flexibility index (Phi) is 4.20. The van der Waals surface area contributed by atoms with Gasteiger partial charge in [0.1, 0.15) is 0 Å². The molecule has 1 fully saturated rings. The molecule has 1 aromatic heterocycles. The summed E-state index contributed by atoms with van der Waals surface area (Å²) in [6.45, 7) is 4.25. The van der Waals surface area contributed by atoms with E-state index >= 15 is 0 Å². The lowest BCUT2D eigenvalue weighted by Gasteiger charge is -2.31. The molecule has 2 rings (SSSR count). The van der Waals surface area contributed by atoms with E-state index in [0.29, 0.717) is 0 Å². The summed E-state index contributed by atoms with van der Waals surface area (Å²) in [4.78, 5) is 4.01. The second-order valence-corrected chi connectivity index (χ2v) is 5.93. The zero-order chi connectivity index (χ0) is 10.7. The first kappa shape index (κ1) is 11.6. The molecule has 15 heavy (non-hydrogen) atoms. The van der Waals surface area contributed by atoms with Crippen LogP contribution in [0.25, 0.3) is 0 Å². The molecule has 1 aromatic rings. The van der Waals surface area contributed by atoms with Crippen molar-refractivity contribution in [2.24, 2.45) is 5.73 Å². The van der Waals surface area contributed by atoms with Crippen molar-refractivity contribution in [1.29, 1.82) is 0 Å². The van der Waals surface area contributed by atoms with Crippen molar-refractivity contribution in [3.63, 3.8) is 0 Å². The SMILES string of the molecule is NCCN1CCC(c2cc(Br)cs2)CC1. The molecule has 2 heterocycles. The second-order valence-electron chi connectivity index (χ2n) is 4.07. The minimum absolute atomic E-state index is 0.773. The molecule has 0 amide bonds. The minimum Gasteiger partial charge on any atom is -0.329 e. The van der Waals surface area contributed by atoms with Gasteiger partial charge in [-0.3, -0.25) is 0 Å². The number of halogens is 1. The number of likely N-dealkylation sites (tertiary alicyclic amines) is 1. The van der Waals surface area contributed by atoms with E-state index in [1.807, 2.05) is 11.3 Å². The first-order chi connectivity index (χ1) is 7.29. The maximum Gasteiger partial charge on any atom is 0.0285 e. The molecule has 1 saturated heterocycles. The summed E-state index contributed by atoms with van der Waals surface area (Å²) in [6, 6.07) is 2.27. The highest BCUT2D eigenvalue weighted by Crippen LogP contribution is 2.33.